The second-order valence-corrected chi connectivity index (χ2v) is 5.96. The van der Waals surface area contributed by atoms with Gasteiger partial charge in [0, 0.05) is 30.0 Å². The second-order valence-electron chi connectivity index (χ2n) is 4.88. The summed E-state index contributed by atoms with van der Waals surface area (Å²) in [7, 11) is 0. The van der Waals surface area contributed by atoms with E-state index in [9.17, 15) is 0 Å². The predicted molar refractivity (Wildman–Crippen MR) is 80.5 cm³/mol. The zero-order valence-electron chi connectivity index (χ0n) is 10.5. The molecule has 0 spiro atoms. The molecule has 1 aliphatic heterocycles. The molecule has 0 atom stereocenters. The number of benzene rings is 2. The SMILES string of the molecule is c1ccc2cc(-c3nc4c(s3)CNCC4)ccc2c1. The van der Waals surface area contributed by atoms with Crippen LogP contribution in [-0.2, 0) is 13.0 Å². The molecule has 19 heavy (non-hydrogen) atoms. The zero-order chi connectivity index (χ0) is 12.7. The van der Waals surface area contributed by atoms with Gasteiger partial charge < -0.3 is 5.32 Å². The maximum absolute atomic E-state index is 4.81. The van der Waals surface area contributed by atoms with E-state index in [-0.39, 0.29) is 0 Å². The molecule has 0 bridgehead atoms. The summed E-state index contributed by atoms with van der Waals surface area (Å²) < 4.78 is 0. The maximum atomic E-state index is 4.81. The van der Waals surface area contributed by atoms with Crippen molar-refractivity contribution < 1.29 is 0 Å². The fourth-order valence-corrected chi connectivity index (χ4v) is 3.65. The number of rotatable bonds is 1. The third kappa shape index (κ3) is 1.95. The number of aromatic nitrogens is 1. The van der Waals surface area contributed by atoms with E-state index < -0.39 is 0 Å². The van der Waals surface area contributed by atoms with Crippen molar-refractivity contribution in [2.75, 3.05) is 6.54 Å². The van der Waals surface area contributed by atoms with Crippen LogP contribution in [0.2, 0.25) is 0 Å². The van der Waals surface area contributed by atoms with Crippen LogP contribution in [0, 0.1) is 0 Å². The highest BCUT2D eigenvalue weighted by Gasteiger charge is 2.15. The molecule has 3 aromatic rings. The van der Waals surface area contributed by atoms with Gasteiger partial charge in [0.25, 0.3) is 0 Å². The Balaban J connectivity index is 1.83. The van der Waals surface area contributed by atoms with Crippen molar-refractivity contribution in [3.8, 4) is 10.6 Å². The minimum atomic E-state index is 0.973. The van der Waals surface area contributed by atoms with Crippen LogP contribution in [0.5, 0.6) is 0 Å². The first-order valence-corrected chi connectivity index (χ1v) is 7.40. The maximum Gasteiger partial charge on any atom is 0.123 e. The normalized spacial score (nSPS) is 14.5. The van der Waals surface area contributed by atoms with E-state index in [1.807, 2.05) is 11.3 Å². The molecule has 0 unspecified atom stereocenters. The molecule has 2 aromatic carbocycles. The molecule has 0 saturated carbocycles. The lowest BCUT2D eigenvalue weighted by atomic mass is 10.1. The van der Waals surface area contributed by atoms with Gasteiger partial charge in [-0.15, -0.1) is 11.3 Å². The van der Waals surface area contributed by atoms with E-state index in [1.54, 1.807) is 0 Å². The molecule has 1 aliphatic rings. The third-order valence-corrected chi connectivity index (χ3v) is 4.75. The van der Waals surface area contributed by atoms with Gasteiger partial charge in [-0.05, 0) is 16.8 Å². The molecule has 0 fully saturated rings. The molecule has 4 rings (SSSR count). The van der Waals surface area contributed by atoms with Gasteiger partial charge in [-0.25, -0.2) is 4.98 Å². The number of nitrogens with zero attached hydrogens (tertiary/aromatic N) is 1. The molecule has 0 radical (unpaired) electrons. The first-order valence-electron chi connectivity index (χ1n) is 6.59. The number of fused-ring (bicyclic) bond motifs is 2. The van der Waals surface area contributed by atoms with E-state index in [4.69, 9.17) is 4.98 Å². The smallest absolute Gasteiger partial charge is 0.123 e. The lowest BCUT2D eigenvalue weighted by Crippen LogP contribution is -2.22. The molecule has 2 nitrogen and oxygen atoms in total. The molecular weight excluding hydrogens is 252 g/mol. The average Bonchev–Trinajstić information content (AvgIpc) is 2.90. The van der Waals surface area contributed by atoms with Crippen LogP contribution in [-0.4, -0.2) is 11.5 Å². The van der Waals surface area contributed by atoms with Crippen molar-refractivity contribution in [1.82, 2.24) is 10.3 Å². The molecule has 1 aromatic heterocycles. The second kappa shape index (κ2) is 4.44. The highest BCUT2D eigenvalue weighted by Crippen LogP contribution is 2.31. The topological polar surface area (TPSA) is 24.9 Å². The van der Waals surface area contributed by atoms with Gasteiger partial charge in [0.1, 0.15) is 5.01 Å². The summed E-state index contributed by atoms with van der Waals surface area (Å²) in [6, 6.07) is 15.1. The molecular formula is C16H14N2S. The Bertz CT molecular complexity index is 722. The molecule has 3 heteroatoms. The number of hydrogen-bond donors (Lipinski definition) is 1. The van der Waals surface area contributed by atoms with Gasteiger partial charge in [-0.3, -0.25) is 0 Å². The van der Waals surface area contributed by atoms with Crippen molar-refractivity contribution in [3.05, 3.63) is 53.0 Å². The summed E-state index contributed by atoms with van der Waals surface area (Å²) in [5, 5.41) is 7.13. The van der Waals surface area contributed by atoms with E-state index >= 15 is 0 Å². The summed E-state index contributed by atoms with van der Waals surface area (Å²) in [6.07, 6.45) is 1.05. The molecule has 94 valence electrons. The molecule has 0 aliphatic carbocycles. The Hall–Kier alpha value is -1.71. The number of thiazole rings is 1. The van der Waals surface area contributed by atoms with Crippen molar-refractivity contribution in [1.29, 1.82) is 0 Å². The van der Waals surface area contributed by atoms with E-state index in [2.05, 4.69) is 47.8 Å². The Morgan fingerprint density at radius 3 is 2.84 bits per heavy atom. The van der Waals surface area contributed by atoms with Gasteiger partial charge in [0.15, 0.2) is 0 Å². The largest absolute Gasteiger partial charge is 0.311 e. The van der Waals surface area contributed by atoms with Crippen LogP contribution in [0.15, 0.2) is 42.5 Å². The third-order valence-electron chi connectivity index (χ3n) is 3.60. The molecule has 2 heterocycles. The van der Waals surface area contributed by atoms with Gasteiger partial charge in [-0.1, -0.05) is 36.4 Å². The standard InChI is InChI=1S/C16H14N2S/c1-2-4-12-9-13(6-5-11(12)3-1)16-18-14-7-8-17-10-15(14)19-16/h1-6,9,17H,7-8,10H2. The fraction of sp³-hybridized carbons (Fsp3) is 0.188. The van der Waals surface area contributed by atoms with Crippen LogP contribution < -0.4 is 5.32 Å². The number of nitrogens with one attached hydrogen (secondary N) is 1. The lowest BCUT2D eigenvalue weighted by molar-refractivity contribution is 0.644. The monoisotopic (exact) mass is 266 g/mol. The van der Waals surface area contributed by atoms with Crippen molar-refractivity contribution in [3.63, 3.8) is 0 Å². The Morgan fingerprint density at radius 2 is 1.95 bits per heavy atom. The first kappa shape index (κ1) is 11.1. The van der Waals surface area contributed by atoms with Gasteiger partial charge in [0.05, 0.1) is 5.69 Å². The lowest BCUT2D eigenvalue weighted by Gasteiger charge is -2.09. The van der Waals surface area contributed by atoms with Crippen LogP contribution in [0.25, 0.3) is 21.3 Å². The van der Waals surface area contributed by atoms with E-state index in [0.29, 0.717) is 0 Å². The first-order chi connectivity index (χ1) is 9.40. The van der Waals surface area contributed by atoms with Crippen molar-refractivity contribution in [2.24, 2.45) is 0 Å². The van der Waals surface area contributed by atoms with Gasteiger partial charge >= 0.3 is 0 Å². The summed E-state index contributed by atoms with van der Waals surface area (Å²) in [6.45, 7) is 2.02. The Morgan fingerprint density at radius 1 is 1.05 bits per heavy atom. The Kier molecular flexibility index (Phi) is 2.60. The summed E-state index contributed by atoms with van der Waals surface area (Å²) >= 11 is 1.82. The average molecular weight is 266 g/mol. The van der Waals surface area contributed by atoms with Crippen molar-refractivity contribution >= 4 is 22.1 Å². The van der Waals surface area contributed by atoms with Crippen LogP contribution in [0.1, 0.15) is 10.6 Å². The van der Waals surface area contributed by atoms with Crippen LogP contribution >= 0.6 is 11.3 Å². The molecule has 0 amide bonds. The van der Waals surface area contributed by atoms with E-state index in [0.717, 1.165) is 24.5 Å². The van der Waals surface area contributed by atoms with Gasteiger partial charge in [-0.2, -0.15) is 0 Å². The highest BCUT2D eigenvalue weighted by molar-refractivity contribution is 7.15. The minimum absolute atomic E-state index is 0.973. The van der Waals surface area contributed by atoms with Gasteiger partial charge in [0.2, 0.25) is 0 Å². The molecule has 0 saturated heterocycles. The van der Waals surface area contributed by atoms with E-state index in [1.165, 1.54) is 26.9 Å². The van der Waals surface area contributed by atoms with Crippen LogP contribution in [0.4, 0.5) is 0 Å². The summed E-state index contributed by atoms with van der Waals surface area (Å²) in [5.41, 5.74) is 2.52. The quantitative estimate of drug-likeness (QED) is 0.728. The summed E-state index contributed by atoms with van der Waals surface area (Å²) in [5.74, 6) is 0. The molecule has 1 N–H and O–H groups in total. The zero-order valence-corrected chi connectivity index (χ0v) is 11.3. The predicted octanol–water partition coefficient (Wildman–Crippen LogP) is 3.61. The van der Waals surface area contributed by atoms with Crippen LogP contribution in [0.3, 0.4) is 0 Å². The Labute approximate surface area is 116 Å². The highest BCUT2D eigenvalue weighted by atomic mass is 32.1. The van der Waals surface area contributed by atoms with Crippen molar-refractivity contribution in [2.45, 2.75) is 13.0 Å². The summed E-state index contributed by atoms with van der Waals surface area (Å²) in [4.78, 5) is 6.20. The fourth-order valence-electron chi connectivity index (χ4n) is 2.57. The minimum Gasteiger partial charge on any atom is -0.311 e. The number of hydrogen-bond acceptors (Lipinski definition) is 3.